The summed E-state index contributed by atoms with van der Waals surface area (Å²) in [7, 11) is 6.39. The third-order valence-corrected chi connectivity index (χ3v) is 10.4. The molecule has 0 saturated carbocycles. The highest BCUT2D eigenvalue weighted by molar-refractivity contribution is 5.98. The fourth-order valence-electron chi connectivity index (χ4n) is 6.91. The average molecular weight is 891 g/mol. The molecule has 0 saturated heterocycles. The van der Waals surface area contributed by atoms with Gasteiger partial charge in [0.25, 0.3) is 5.91 Å². The summed E-state index contributed by atoms with van der Waals surface area (Å²) in [5, 5.41) is 13.5. The van der Waals surface area contributed by atoms with Crippen molar-refractivity contribution in [2.24, 2.45) is 5.73 Å². The first kappa shape index (κ1) is 46.7. The van der Waals surface area contributed by atoms with Crippen LogP contribution in [0, 0.1) is 23.3 Å². The van der Waals surface area contributed by atoms with Crippen molar-refractivity contribution in [1.82, 2.24) is 14.5 Å². The van der Waals surface area contributed by atoms with Crippen molar-refractivity contribution in [3.63, 3.8) is 0 Å². The number of fused-ring (bicyclic) bond motifs is 2. The minimum atomic E-state index is -0.991. The molecule has 0 spiro atoms. The second-order valence-corrected chi connectivity index (χ2v) is 14.5. The van der Waals surface area contributed by atoms with Gasteiger partial charge < -0.3 is 44.2 Å². The molecule has 2 aromatic heterocycles. The number of ether oxygens (including phenoxy) is 4. The van der Waals surface area contributed by atoms with Gasteiger partial charge in [0.2, 0.25) is 0 Å². The summed E-state index contributed by atoms with van der Waals surface area (Å²) in [5.41, 5.74) is 10.4. The molecule has 8 rings (SSSR count). The Morgan fingerprint density at radius 1 is 0.554 bits per heavy atom. The number of hydrogen-bond acceptors (Lipinski definition) is 7. The van der Waals surface area contributed by atoms with Crippen LogP contribution in [0.1, 0.15) is 43.0 Å². The molecule has 0 atom stereocenters. The summed E-state index contributed by atoms with van der Waals surface area (Å²) in [6, 6.07) is 31.7. The molecular formula is C50H46F4N4O7. The number of halogens is 4. The molecule has 6 aromatic carbocycles. The SMILES string of the molecule is COc1ccc(CN)c(OC)c1.COc1ccc(CNC(=O)c2ccc3c(ccn3Cc3ccc(F)cc3F)c2)c(OC)c1.O=C(O)c1ccc2c(ccn2Cc2ccc(F)cc2F)c1. The molecule has 8 aromatic rings. The summed E-state index contributed by atoms with van der Waals surface area (Å²) in [5.74, 6) is -0.753. The second-order valence-electron chi connectivity index (χ2n) is 14.5. The number of carbonyl (C=O) groups excluding carboxylic acids is 1. The van der Waals surface area contributed by atoms with Gasteiger partial charge in [-0.1, -0.05) is 18.2 Å². The molecule has 0 aliphatic heterocycles. The zero-order valence-corrected chi connectivity index (χ0v) is 35.9. The van der Waals surface area contributed by atoms with Crippen molar-refractivity contribution >= 4 is 33.7 Å². The molecule has 0 bridgehead atoms. The summed E-state index contributed by atoms with van der Waals surface area (Å²) in [6.07, 6.45) is 3.57. The third-order valence-electron chi connectivity index (χ3n) is 10.4. The molecular weight excluding hydrogens is 845 g/mol. The zero-order valence-electron chi connectivity index (χ0n) is 35.9. The lowest BCUT2D eigenvalue weighted by molar-refractivity contribution is 0.0696. The van der Waals surface area contributed by atoms with Gasteiger partial charge in [-0.15, -0.1) is 0 Å². The molecule has 0 aliphatic carbocycles. The van der Waals surface area contributed by atoms with E-state index >= 15 is 0 Å². The third kappa shape index (κ3) is 11.6. The number of nitrogens with zero attached hydrogens (tertiary/aromatic N) is 2. The first-order valence-corrected chi connectivity index (χ1v) is 20.0. The quantitative estimate of drug-likeness (QED) is 0.0974. The number of amides is 1. The fraction of sp³-hybridized carbons (Fsp3) is 0.160. The molecule has 0 unspecified atom stereocenters. The number of carboxylic acid groups (broad SMARTS) is 1. The van der Waals surface area contributed by atoms with Crippen LogP contribution in [0.2, 0.25) is 0 Å². The predicted octanol–water partition coefficient (Wildman–Crippen LogP) is 9.74. The first-order valence-electron chi connectivity index (χ1n) is 20.0. The van der Waals surface area contributed by atoms with E-state index < -0.39 is 29.2 Å². The molecule has 0 radical (unpaired) electrons. The standard InChI is InChI=1S/C25H22F2N2O3.C16H11F2NO2.C9H13NO2/c1-31-21-7-4-18(24(13-21)32-2)14-28-25(30)17-5-8-23-16(11-17)9-10-29(23)15-19-3-6-20(26)12-22(19)27;17-13-3-1-12(14(18)8-13)9-19-6-5-10-7-11(16(20)21)2-4-15(10)19;1-11-8-4-3-7(6-10)9(5-8)12-2/h3-13H,14-15H2,1-2H3,(H,28,30);1-8H,9H2,(H,20,21);3-5H,6,10H2,1-2H3. The van der Waals surface area contributed by atoms with Crippen LogP contribution in [0.15, 0.2) is 134 Å². The van der Waals surface area contributed by atoms with Gasteiger partial charge in [0, 0.05) is 99.4 Å². The molecule has 0 fully saturated rings. The lowest BCUT2D eigenvalue weighted by Crippen LogP contribution is -2.23. The van der Waals surface area contributed by atoms with Crippen LogP contribution < -0.4 is 30.0 Å². The molecule has 0 aliphatic rings. The molecule has 65 heavy (non-hydrogen) atoms. The minimum absolute atomic E-state index is 0.202. The summed E-state index contributed by atoms with van der Waals surface area (Å²) in [6.45, 7) is 1.29. The van der Waals surface area contributed by atoms with E-state index in [4.69, 9.17) is 29.8 Å². The Balaban J connectivity index is 0.000000181. The first-order chi connectivity index (χ1) is 31.3. The number of carboxylic acids is 1. The van der Waals surface area contributed by atoms with Gasteiger partial charge in [0.15, 0.2) is 0 Å². The van der Waals surface area contributed by atoms with E-state index in [2.05, 4.69) is 5.32 Å². The maximum absolute atomic E-state index is 14.0. The molecule has 2 heterocycles. The number of nitrogens with one attached hydrogen (secondary N) is 1. The zero-order chi connectivity index (χ0) is 46.6. The van der Waals surface area contributed by atoms with Crippen LogP contribution in [0.3, 0.4) is 0 Å². The van der Waals surface area contributed by atoms with E-state index in [-0.39, 0.29) is 24.6 Å². The van der Waals surface area contributed by atoms with Crippen LogP contribution >= 0.6 is 0 Å². The van der Waals surface area contributed by atoms with Gasteiger partial charge in [-0.3, -0.25) is 4.79 Å². The largest absolute Gasteiger partial charge is 0.497 e. The van der Waals surface area contributed by atoms with Crippen LogP contribution in [0.4, 0.5) is 17.6 Å². The molecule has 4 N–H and O–H groups in total. The lowest BCUT2D eigenvalue weighted by Gasteiger charge is -2.12. The number of aromatic nitrogens is 2. The Morgan fingerprint density at radius 2 is 1.02 bits per heavy atom. The topological polar surface area (TPSA) is 139 Å². The van der Waals surface area contributed by atoms with E-state index in [1.54, 1.807) is 75.6 Å². The van der Waals surface area contributed by atoms with E-state index in [0.29, 0.717) is 41.3 Å². The van der Waals surface area contributed by atoms with Crippen molar-refractivity contribution in [3.05, 3.63) is 190 Å². The van der Waals surface area contributed by atoms with Crippen LogP contribution in [-0.4, -0.2) is 54.6 Å². The number of rotatable bonds is 13. The highest BCUT2D eigenvalue weighted by Crippen LogP contribution is 2.26. The Bertz CT molecular complexity index is 2950. The normalized spacial score (nSPS) is 10.7. The van der Waals surface area contributed by atoms with Crippen molar-refractivity contribution in [2.75, 3.05) is 28.4 Å². The highest BCUT2D eigenvalue weighted by atomic mass is 19.1. The van der Waals surface area contributed by atoms with Crippen molar-refractivity contribution < 1.29 is 51.2 Å². The van der Waals surface area contributed by atoms with Crippen LogP contribution in [-0.2, 0) is 26.2 Å². The van der Waals surface area contributed by atoms with Crippen molar-refractivity contribution in [3.8, 4) is 23.0 Å². The van der Waals surface area contributed by atoms with Gasteiger partial charge in [0.1, 0.15) is 46.3 Å². The van der Waals surface area contributed by atoms with Gasteiger partial charge in [-0.05, 0) is 78.9 Å². The summed E-state index contributed by atoms with van der Waals surface area (Å²) >= 11 is 0. The minimum Gasteiger partial charge on any atom is -0.497 e. The van der Waals surface area contributed by atoms with E-state index in [0.717, 1.165) is 56.6 Å². The Labute approximate surface area is 372 Å². The number of methoxy groups -OCH3 is 4. The summed E-state index contributed by atoms with van der Waals surface area (Å²) < 4.78 is 78.1. The van der Waals surface area contributed by atoms with Gasteiger partial charge in [-0.25, -0.2) is 22.4 Å². The van der Waals surface area contributed by atoms with Gasteiger partial charge >= 0.3 is 5.97 Å². The van der Waals surface area contributed by atoms with Gasteiger partial charge in [-0.2, -0.15) is 0 Å². The maximum Gasteiger partial charge on any atom is 0.335 e. The number of benzene rings is 6. The average Bonchev–Trinajstić information content (AvgIpc) is 3.92. The maximum atomic E-state index is 14.0. The van der Waals surface area contributed by atoms with E-state index in [1.807, 2.05) is 53.2 Å². The van der Waals surface area contributed by atoms with Crippen LogP contribution in [0.25, 0.3) is 21.8 Å². The number of hydrogen-bond donors (Lipinski definition) is 3. The molecule has 15 heteroatoms. The van der Waals surface area contributed by atoms with E-state index in [1.165, 1.54) is 30.3 Å². The summed E-state index contributed by atoms with van der Waals surface area (Å²) in [4.78, 5) is 23.6. The van der Waals surface area contributed by atoms with E-state index in [9.17, 15) is 27.2 Å². The molecule has 1 amide bonds. The van der Waals surface area contributed by atoms with Crippen LogP contribution in [0.5, 0.6) is 23.0 Å². The lowest BCUT2D eigenvalue weighted by atomic mass is 10.1. The monoisotopic (exact) mass is 890 g/mol. The Hall–Kier alpha value is -7.78. The Morgan fingerprint density at radius 3 is 1.48 bits per heavy atom. The smallest absolute Gasteiger partial charge is 0.335 e. The number of carbonyl (C=O) groups is 2. The predicted molar refractivity (Wildman–Crippen MR) is 240 cm³/mol. The highest BCUT2D eigenvalue weighted by Gasteiger charge is 2.13. The number of nitrogens with two attached hydrogens (primary N) is 1. The second kappa shape index (κ2) is 21.5. The Kier molecular flexibility index (Phi) is 15.5. The number of aromatic carboxylic acids is 1. The van der Waals surface area contributed by atoms with Crippen molar-refractivity contribution in [1.29, 1.82) is 0 Å². The fourth-order valence-corrected chi connectivity index (χ4v) is 6.91. The molecule has 11 nitrogen and oxygen atoms in total. The molecule has 336 valence electrons. The van der Waals surface area contributed by atoms with Gasteiger partial charge in [0.05, 0.1) is 47.1 Å². The van der Waals surface area contributed by atoms with Crippen molar-refractivity contribution in [2.45, 2.75) is 26.2 Å².